The number of hydrogen-bond donors (Lipinski definition) is 1. The van der Waals surface area contributed by atoms with E-state index in [4.69, 9.17) is 4.52 Å². The summed E-state index contributed by atoms with van der Waals surface area (Å²) in [6.45, 7) is 4.62. The fourth-order valence-corrected chi connectivity index (χ4v) is 3.68. The van der Waals surface area contributed by atoms with Crippen LogP contribution >= 0.6 is 0 Å². The number of nitrogens with zero attached hydrogens (tertiary/aromatic N) is 2. The van der Waals surface area contributed by atoms with E-state index in [-0.39, 0.29) is 23.8 Å². The van der Waals surface area contributed by atoms with Crippen LogP contribution in [0.15, 0.2) is 34.9 Å². The Kier molecular flexibility index (Phi) is 4.26. The maximum atomic E-state index is 13.0. The number of nitrogens with one attached hydrogen (secondary N) is 1. The van der Waals surface area contributed by atoms with Crippen molar-refractivity contribution in [2.24, 2.45) is 11.8 Å². The summed E-state index contributed by atoms with van der Waals surface area (Å²) in [6, 6.07) is 9.03. The molecule has 1 saturated heterocycles. The van der Waals surface area contributed by atoms with Gasteiger partial charge in [0.2, 0.25) is 5.91 Å². The molecule has 2 fully saturated rings. The summed E-state index contributed by atoms with van der Waals surface area (Å²) in [6.07, 6.45) is 2.77. The molecule has 1 aromatic carbocycles. The zero-order valence-corrected chi connectivity index (χ0v) is 15.1. The van der Waals surface area contributed by atoms with Crippen LogP contribution in [0.5, 0.6) is 0 Å². The zero-order valence-electron chi connectivity index (χ0n) is 15.1. The molecule has 3 atom stereocenters. The molecular weight excluding hydrogens is 330 g/mol. The summed E-state index contributed by atoms with van der Waals surface area (Å²) < 4.78 is 5.18. The predicted octanol–water partition coefficient (Wildman–Crippen LogP) is 3.55. The van der Waals surface area contributed by atoms with Gasteiger partial charge >= 0.3 is 0 Å². The molecule has 136 valence electrons. The topological polar surface area (TPSA) is 75.4 Å². The molecule has 0 bridgehead atoms. The Morgan fingerprint density at radius 2 is 2.12 bits per heavy atom. The van der Waals surface area contributed by atoms with Crippen LogP contribution in [0.4, 0.5) is 5.69 Å². The molecule has 0 unspecified atom stereocenters. The number of likely N-dealkylation sites (tertiary alicyclic amines) is 1. The second-order valence-corrected chi connectivity index (χ2v) is 7.41. The van der Waals surface area contributed by atoms with E-state index in [2.05, 4.69) is 17.4 Å². The van der Waals surface area contributed by atoms with Gasteiger partial charge < -0.3 is 14.7 Å². The molecular formula is C20H23N3O3. The number of rotatable bonds is 4. The van der Waals surface area contributed by atoms with E-state index in [9.17, 15) is 9.59 Å². The quantitative estimate of drug-likeness (QED) is 0.912. The lowest BCUT2D eigenvalue weighted by Crippen LogP contribution is -2.30. The number of aryl methyl sites for hydroxylation is 1. The Bertz CT molecular complexity index is 844. The van der Waals surface area contributed by atoms with E-state index in [1.807, 2.05) is 30.0 Å². The molecule has 2 aromatic rings. The summed E-state index contributed by atoms with van der Waals surface area (Å²) in [5.41, 5.74) is 2.06. The highest BCUT2D eigenvalue weighted by Gasteiger charge is 2.39. The molecule has 26 heavy (non-hydrogen) atoms. The third-order valence-corrected chi connectivity index (χ3v) is 5.32. The highest BCUT2D eigenvalue weighted by atomic mass is 16.5. The van der Waals surface area contributed by atoms with Gasteiger partial charge in [0.25, 0.3) is 5.91 Å². The number of carbonyl (C=O) groups is 2. The molecule has 0 radical (unpaired) electrons. The Labute approximate surface area is 152 Å². The Balaban J connectivity index is 1.50. The average molecular weight is 353 g/mol. The number of carbonyl (C=O) groups excluding carboxylic acids is 2. The lowest BCUT2D eigenvalue weighted by Gasteiger charge is -2.23. The Morgan fingerprint density at radius 1 is 1.31 bits per heavy atom. The van der Waals surface area contributed by atoms with Crippen LogP contribution in [0.1, 0.15) is 54.0 Å². The van der Waals surface area contributed by atoms with Crippen molar-refractivity contribution >= 4 is 17.5 Å². The number of benzene rings is 1. The summed E-state index contributed by atoms with van der Waals surface area (Å²) in [5.74, 6) is 1.31. The molecule has 2 heterocycles. The van der Waals surface area contributed by atoms with Crippen molar-refractivity contribution in [3.05, 3.63) is 47.3 Å². The number of anilines is 1. The molecule has 1 aromatic heterocycles. The summed E-state index contributed by atoms with van der Waals surface area (Å²) in [4.78, 5) is 27.0. The number of aromatic nitrogens is 1. The third-order valence-electron chi connectivity index (χ3n) is 5.32. The van der Waals surface area contributed by atoms with Crippen molar-refractivity contribution in [1.29, 1.82) is 0 Å². The standard InChI is InChI=1S/C20H23N3O3/c1-12-9-16(12)19(24)21-15-6-3-5-14(11-15)20(25)23-8-4-7-18(23)17-10-13(2)26-22-17/h3,5-6,10-12,16,18H,4,7-9H2,1-2H3,(H,21,24)/t12-,16+,18-/m0/s1. The normalized spacial score (nSPS) is 24.5. The van der Waals surface area contributed by atoms with E-state index < -0.39 is 0 Å². The van der Waals surface area contributed by atoms with Crippen molar-refractivity contribution in [2.75, 3.05) is 11.9 Å². The largest absolute Gasteiger partial charge is 0.361 e. The van der Waals surface area contributed by atoms with Crippen LogP contribution < -0.4 is 5.32 Å². The van der Waals surface area contributed by atoms with E-state index >= 15 is 0 Å². The van der Waals surface area contributed by atoms with E-state index in [1.165, 1.54) is 0 Å². The molecule has 1 aliphatic carbocycles. The van der Waals surface area contributed by atoms with Gasteiger partial charge in [-0.25, -0.2) is 0 Å². The van der Waals surface area contributed by atoms with Gasteiger partial charge in [-0.2, -0.15) is 0 Å². The smallest absolute Gasteiger partial charge is 0.254 e. The molecule has 1 N–H and O–H groups in total. The van der Waals surface area contributed by atoms with Gasteiger partial charge in [-0.15, -0.1) is 0 Å². The summed E-state index contributed by atoms with van der Waals surface area (Å²) in [5, 5.41) is 7.02. The minimum absolute atomic E-state index is 0.0379. The molecule has 1 saturated carbocycles. The fourth-order valence-electron chi connectivity index (χ4n) is 3.68. The van der Waals surface area contributed by atoms with Gasteiger partial charge in [-0.1, -0.05) is 18.1 Å². The lowest BCUT2D eigenvalue weighted by atomic mass is 10.1. The van der Waals surface area contributed by atoms with Gasteiger partial charge in [-0.05, 0) is 50.3 Å². The van der Waals surface area contributed by atoms with Crippen molar-refractivity contribution in [2.45, 2.75) is 39.2 Å². The van der Waals surface area contributed by atoms with Crippen LogP contribution in [-0.2, 0) is 4.79 Å². The Morgan fingerprint density at radius 3 is 2.81 bits per heavy atom. The third kappa shape index (κ3) is 3.23. The van der Waals surface area contributed by atoms with Gasteiger partial charge in [0.1, 0.15) is 11.5 Å². The lowest BCUT2D eigenvalue weighted by molar-refractivity contribution is -0.117. The van der Waals surface area contributed by atoms with Crippen LogP contribution in [0, 0.1) is 18.8 Å². The first-order valence-electron chi connectivity index (χ1n) is 9.18. The van der Waals surface area contributed by atoms with Crippen LogP contribution in [-0.4, -0.2) is 28.4 Å². The molecule has 6 nitrogen and oxygen atoms in total. The van der Waals surface area contributed by atoms with Crippen molar-refractivity contribution in [3.8, 4) is 0 Å². The average Bonchev–Trinajstić information content (AvgIpc) is 3.00. The number of hydrogen-bond acceptors (Lipinski definition) is 4. The minimum Gasteiger partial charge on any atom is -0.361 e. The molecule has 0 spiro atoms. The van der Waals surface area contributed by atoms with Crippen LogP contribution in [0.25, 0.3) is 0 Å². The molecule has 6 heteroatoms. The van der Waals surface area contributed by atoms with Gasteiger partial charge in [0.15, 0.2) is 0 Å². The highest BCUT2D eigenvalue weighted by Crippen LogP contribution is 2.38. The minimum atomic E-state index is -0.0505. The van der Waals surface area contributed by atoms with E-state index in [1.54, 1.807) is 12.1 Å². The van der Waals surface area contributed by atoms with Crippen LogP contribution in [0.2, 0.25) is 0 Å². The second-order valence-electron chi connectivity index (χ2n) is 7.41. The summed E-state index contributed by atoms with van der Waals surface area (Å²) in [7, 11) is 0. The predicted molar refractivity (Wildman–Crippen MR) is 96.6 cm³/mol. The molecule has 2 amide bonds. The highest BCUT2D eigenvalue weighted by molar-refractivity contribution is 5.98. The Hall–Kier alpha value is -2.63. The van der Waals surface area contributed by atoms with E-state index in [0.29, 0.717) is 23.7 Å². The maximum absolute atomic E-state index is 13.0. The molecule has 1 aliphatic heterocycles. The van der Waals surface area contributed by atoms with Crippen molar-refractivity contribution < 1.29 is 14.1 Å². The van der Waals surface area contributed by atoms with Crippen molar-refractivity contribution in [3.63, 3.8) is 0 Å². The maximum Gasteiger partial charge on any atom is 0.254 e. The zero-order chi connectivity index (χ0) is 18.3. The first kappa shape index (κ1) is 16.8. The second kappa shape index (κ2) is 6.59. The number of amides is 2. The fraction of sp³-hybridized carbons (Fsp3) is 0.450. The molecule has 4 rings (SSSR count). The van der Waals surface area contributed by atoms with Gasteiger partial charge in [0.05, 0.1) is 6.04 Å². The monoisotopic (exact) mass is 353 g/mol. The summed E-state index contributed by atoms with van der Waals surface area (Å²) >= 11 is 0. The van der Waals surface area contributed by atoms with Crippen LogP contribution in [0.3, 0.4) is 0 Å². The van der Waals surface area contributed by atoms with Gasteiger partial charge in [0, 0.05) is 29.8 Å². The van der Waals surface area contributed by atoms with Gasteiger partial charge in [-0.3, -0.25) is 9.59 Å². The van der Waals surface area contributed by atoms with Crippen molar-refractivity contribution in [1.82, 2.24) is 10.1 Å². The first-order chi connectivity index (χ1) is 12.5. The molecule has 2 aliphatic rings. The first-order valence-corrected chi connectivity index (χ1v) is 9.18. The van der Waals surface area contributed by atoms with E-state index in [0.717, 1.165) is 30.7 Å². The SMILES string of the molecule is Cc1cc([C@@H]2CCCN2C(=O)c2cccc(NC(=O)[C@@H]3C[C@@H]3C)c2)no1.